The molecule has 0 aliphatic rings. The molecule has 1 heterocycles. The number of unbranched alkanes of at least 4 members (excludes halogenated alkanes) is 7. The Morgan fingerprint density at radius 3 is 2.08 bits per heavy atom. The van der Waals surface area contributed by atoms with Gasteiger partial charge in [0.1, 0.15) is 5.82 Å². The lowest BCUT2D eigenvalue weighted by molar-refractivity contribution is 0.580. The second-order valence-corrected chi connectivity index (χ2v) is 7.20. The normalized spacial score (nSPS) is 11.0. The van der Waals surface area contributed by atoms with Gasteiger partial charge in [0.05, 0.1) is 0 Å². The SMILES string of the molecule is CCCCCCCCc1ccc(-c2ncc(CCCCC)cn2)cc1F. The molecular formula is C23H33FN2. The van der Waals surface area contributed by atoms with Crippen molar-refractivity contribution in [2.75, 3.05) is 0 Å². The van der Waals surface area contributed by atoms with E-state index in [4.69, 9.17) is 0 Å². The highest BCUT2D eigenvalue weighted by Gasteiger charge is 2.07. The number of nitrogens with zero attached hydrogens (tertiary/aromatic N) is 2. The van der Waals surface area contributed by atoms with Crippen molar-refractivity contribution in [2.45, 2.75) is 84.5 Å². The van der Waals surface area contributed by atoms with Crippen LogP contribution in [0.1, 0.15) is 82.8 Å². The molecule has 2 aromatic rings. The van der Waals surface area contributed by atoms with Crippen LogP contribution >= 0.6 is 0 Å². The Morgan fingerprint density at radius 2 is 1.38 bits per heavy atom. The molecule has 1 aromatic heterocycles. The minimum atomic E-state index is -0.133. The number of hydrogen-bond acceptors (Lipinski definition) is 2. The van der Waals surface area contributed by atoms with Crippen molar-refractivity contribution in [3.8, 4) is 11.4 Å². The molecule has 0 amide bonds. The fourth-order valence-corrected chi connectivity index (χ4v) is 3.20. The molecule has 0 saturated heterocycles. The van der Waals surface area contributed by atoms with Gasteiger partial charge in [0.15, 0.2) is 5.82 Å². The molecule has 0 bridgehead atoms. The summed E-state index contributed by atoms with van der Waals surface area (Å²) in [5, 5.41) is 0. The van der Waals surface area contributed by atoms with E-state index in [2.05, 4.69) is 23.8 Å². The van der Waals surface area contributed by atoms with Crippen LogP contribution in [0.5, 0.6) is 0 Å². The number of hydrogen-bond donors (Lipinski definition) is 0. The molecule has 0 unspecified atom stereocenters. The second-order valence-electron chi connectivity index (χ2n) is 7.20. The highest BCUT2D eigenvalue weighted by Crippen LogP contribution is 2.20. The molecule has 0 aliphatic carbocycles. The van der Waals surface area contributed by atoms with Gasteiger partial charge in [-0.3, -0.25) is 0 Å². The Hall–Kier alpha value is -1.77. The molecule has 0 spiro atoms. The van der Waals surface area contributed by atoms with Gasteiger partial charge in [-0.2, -0.15) is 0 Å². The van der Waals surface area contributed by atoms with Gasteiger partial charge in [0.25, 0.3) is 0 Å². The molecule has 2 rings (SSSR count). The van der Waals surface area contributed by atoms with Crippen molar-refractivity contribution < 1.29 is 4.39 Å². The van der Waals surface area contributed by atoms with Gasteiger partial charge < -0.3 is 0 Å². The second kappa shape index (κ2) is 11.8. The Labute approximate surface area is 158 Å². The van der Waals surface area contributed by atoms with Crippen molar-refractivity contribution in [1.29, 1.82) is 0 Å². The molecule has 0 aliphatic heterocycles. The van der Waals surface area contributed by atoms with E-state index in [1.54, 1.807) is 6.07 Å². The lowest BCUT2D eigenvalue weighted by Gasteiger charge is -2.07. The number of aryl methyl sites for hydroxylation is 2. The fraction of sp³-hybridized carbons (Fsp3) is 0.565. The number of rotatable bonds is 12. The zero-order chi connectivity index (χ0) is 18.6. The molecule has 0 fully saturated rings. The summed E-state index contributed by atoms with van der Waals surface area (Å²) in [6.07, 6.45) is 16.5. The predicted octanol–water partition coefficient (Wildman–Crippen LogP) is 6.92. The van der Waals surface area contributed by atoms with E-state index in [1.165, 1.54) is 51.4 Å². The van der Waals surface area contributed by atoms with E-state index >= 15 is 0 Å². The quantitative estimate of drug-likeness (QED) is 0.386. The zero-order valence-electron chi connectivity index (χ0n) is 16.4. The molecule has 1 aromatic carbocycles. The Kier molecular flexibility index (Phi) is 9.30. The molecule has 142 valence electrons. The van der Waals surface area contributed by atoms with Crippen LogP contribution in [0.4, 0.5) is 4.39 Å². The van der Waals surface area contributed by atoms with Gasteiger partial charge in [-0.1, -0.05) is 70.9 Å². The minimum absolute atomic E-state index is 0.133. The third-order valence-corrected chi connectivity index (χ3v) is 4.89. The van der Waals surface area contributed by atoms with E-state index in [1.807, 2.05) is 24.5 Å². The summed E-state index contributed by atoms with van der Waals surface area (Å²) >= 11 is 0. The number of halogens is 1. The van der Waals surface area contributed by atoms with Crippen LogP contribution in [-0.4, -0.2) is 9.97 Å². The van der Waals surface area contributed by atoms with E-state index in [-0.39, 0.29) is 5.82 Å². The third-order valence-electron chi connectivity index (χ3n) is 4.89. The summed E-state index contributed by atoms with van der Waals surface area (Å²) in [4.78, 5) is 8.85. The molecule has 3 heteroatoms. The summed E-state index contributed by atoms with van der Waals surface area (Å²) in [6.45, 7) is 4.42. The predicted molar refractivity (Wildman–Crippen MR) is 108 cm³/mol. The maximum Gasteiger partial charge on any atom is 0.159 e. The lowest BCUT2D eigenvalue weighted by atomic mass is 10.0. The number of aromatic nitrogens is 2. The van der Waals surface area contributed by atoms with Gasteiger partial charge in [-0.15, -0.1) is 0 Å². The maximum atomic E-state index is 14.4. The Balaban J connectivity index is 1.87. The molecule has 2 nitrogen and oxygen atoms in total. The van der Waals surface area contributed by atoms with E-state index in [9.17, 15) is 4.39 Å². The van der Waals surface area contributed by atoms with Crippen LogP contribution in [0.25, 0.3) is 11.4 Å². The van der Waals surface area contributed by atoms with E-state index in [0.717, 1.165) is 36.0 Å². The average molecular weight is 357 g/mol. The Bertz CT molecular complexity index is 637. The van der Waals surface area contributed by atoms with Crippen molar-refractivity contribution in [2.24, 2.45) is 0 Å². The summed E-state index contributed by atoms with van der Waals surface area (Å²) in [5.41, 5.74) is 2.72. The van der Waals surface area contributed by atoms with Gasteiger partial charge in [-0.05, 0) is 42.9 Å². The first-order valence-electron chi connectivity index (χ1n) is 10.3. The van der Waals surface area contributed by atoms with Crippen LogP contribution in [0.15, 0.2) is 30.6 Å². The van der Waals surface area contributed by atoms with Crippen LogP contribution in [0, 0.1) is 5.82 Å². The molecular weight excluding hydrogens is 323 g/mol. The lowest BCUT2D eigenvalue weighted by Crippen LogP contribution is -1.96. The van der Waals surface area contributed by atoms with Gasteiger partial charge in [0, 0.05) is 18.0 Å². The molecule has 26 heavy (non-hydrogen) atoms. The number of benzene rings is 1. The first-order chi connectivity index (χ1) is 12.7. The van der Waals surface area contributed by atoms with Gasteiger partial charge >= 0.3 is 0 Å². The smallest absolute Gasteiger partial charge is 0.159 e. The molecule has 0 N–H and O–H groups in total. The van der Waals surface area contributed by atoms with Crippen LogP contribution in [-0.2, 0) is 12.8 Å². The maximum absolute atomic E-state index is 14.4. The minimum Gasteiger partial charge on any atom is -0.236 e. The Morgan fingerprint density at radius 1 is 0.769 bits per heavy atom. The first kappa shape index (κ1) is 20.5. The van der Waals surface area contributed by atoms with Crippen molar-refractivity contribution in [1.82, 2.24) is 9.97 Å². The van der Waals surface area contributed by atoms with Crippen LogP contribution < -0.4 is 0 Å². The topological polar surface area (TPSA) is 25.8 Å². The summed E-state index contributed by atoms with van der Waals surface area (Å²) in [7, 11) is 0. The highest BCUT2D eigenvalue weighted by atomic mass is 19.1. The van der Waals surface area contributed by atoms with Crippen LogP contribution in [0.3, 0.4) is 0 Å². The average Bonchev–Trinajstić information content (AvgIpc) is 2.66. The zero-order valence-corrected chi connectivity index (χ0v) is 16.4. The fourth-order valence-electron chi connectivity index (χ4n) is 3.20. The van der Waals surface area contributed by atoms with Crippen molar-refractivity contribution in [3.63, 3.8) is 0 Å². The highest BCUT2D eigenvalue weighted by molar-refractivity contribution is 5.55. The summed E-state index contributed by atoms with van der Waals surface area (Å²) < 4.78 is 14.4. The first-order valence-corrected chi connectivity index (χ1v) is 10.3. The van der Waals surface area contributed by atoms with Gasteiger partial charge in [-0.25, -0.2) is 14.4 Å². The third kappa shape index (κ3) is 6.86. The largest absolute Gasteiger partial charge is 0.236 e. The van der Waals surface area contributed by atoms with E-state index in [0.29, 0.717) is 5.82 Å². The molecule has 0 saturated carbocycles. The standard InChI is InChI=1S/C23H33FN2/c1-3-5-7-8-9-11-13-20-14-15-21(16-22(20)24)23-25-17-19(18-26-23)12-10-6-4-2/h14-18H,3-13H2,1-2H3. The van der Waals surface area contributed by atoms with Crippen LogP contribution in [0.2, 0.25) is 0 Å². The molecule has 0 radical (unpaired) electrons. The van der Waals surface area contributed by atoms with Crippen molar-refractivity contribution >= 4 is 0 Å². The van der Waals surface area contributed by atoms with Gasteiger partial charge in [0.2, 0.25) is 0 Å². The summed E-state index contributed by atoms with van der Waals surface area (Å²) in [6, 6.07) is 5.43. The summed E-state index contributed by atoms with van der Waals surface area (Å²) in [5.74, 6) is 0.473. The molecule has 0 atom stereocenters. The van der Waals surface area contributed by atoms with E-state index < -0.39 is 0 Å². The van der Waals surface area contributed by atoms with Crippen molar-refractivity contribution in [3.05, 3.63) is 47.5 Å². The monoisotopic (exact) mass is 356 g/mol.